The summed E-state index contributed by atoms with van der Waals surface area (Å²) in [6.45, 7) is 2.74. The number of nitrogens with one attached hydrogen (secondary N) is 3. The first-order valence-corrected chi connectivity index (χ1v) is 8.87. The maximum Gasteiger partial charge on any atom is 0.325 e. The fraction of sp³-hybridized carbons (Fsp3) is 0.312. The monoisotopic (exact) mass is 366 g/mol. The lowest BCUT2D eigenvalue weighted by Gasteiger charge is -2.05. The third-order valence-corrected chi connectivity index (χ3v) is 4.09. The number of hydrogen-bond donors (Lipinski definition) is 3. The number of urea groups is 1. The lowest BCUT2D eigenvalue weighted by molar-refractivity contribution is -0.120. The molecule has 24 heavy (non-hydrogen) atoms. The second-order valence-corrected chi connectivity index (χ2v) is 6.41. The Balaban J connectivity index is 1.82. The molecule has 0 saturated carbocycles. The molecule has 0 aliphatic carbocycles. The van der Waals surface area contributed by atoms with Crippen LogP contribution < -0.4 is 16.0 Å². The van der Waals surface area contributed by atoms with E-state index in [9.17, 15) is 9.59 Å². The molecule has 0 aliphatic rings. The van der Waals surface area contributed by atoms with Gasteiger partial charge < -0.3 is 10.6 Å². The molecule has 6 nitrogen and oxygen atoms in total. The topological polar surface area (TPSA) is 83.1 Å². The molecule has 3 N–H and O–H groups in total. The number of carbonyl (C=O) groups excluding carboxylic acids is 2. The summed E-state index contributed by atoms with van der Waals surface area (Å²) in [6, 6.07) is 6.44. The summed E-state index contributed by atoms with van der Waals surface area (Å²) < 4.78 is 0. The Morgan fingerprint density at radius 1 is 1.29 bits per heavy atom. The Morgan fingerprint density at radius 3 is 2.88 bits per heavy atom. The number of rotatable bonds is 7. The molecule has 1 aromatic heterocycles. The molecular formula is C16H19ClN4O2S. The van der Waals surface area contributed by atoms with Crippen LogP contribution in [0.4, 0.5) is 15.6 Å². The van der Waals surface area contributed by atoms with Gasteiger partial charge >= 0.3 is 6.03 Å². The summed E-state index contributed by atoms with van der Waals surface area (Å²) >= 11 is 7.14. The van der Waals surface area contributed by atoms with Gasteiger partial charge in [-0.3, -0.25) is 10.1 Å². The summed E-state index contributed by atoms with van der Waals surface area (Å²) in [4.78, 5) is 27.9. The number of thiazole rings is 1. The highest BCUT2D eigenvalue weighted by Gasteiger charge is 2.10. The molecule has 3 amide bonds. The largest absolute Gasteiger partial charge is 0.356 e. The van der Waals surface area contributed by atoms with Crippen molar-refractivity contribution < 1.29 is 9.59 Å². The van der Waals surface area contributed by atoms with Crippen molar-refractivity contribution in [2.75, 3.05) is 17.2 Å². The third kappa shape index (κ3) is 6.17. The first-order chi connectivity index (χ1) is 11.6. The Bertz CT molecular complexity index is 705. The molecule has 0 fully saturated rings. The fourth-order valence-electron chi connectivity index (χ4n) is 1.90. The smallest absolute Gasteiger partial charge is 0.325 e. The molecule has 0 unspecified atom stereocenters. The van der Waals surface area contributed by atoms with E-state index in [1.54, 1.807) is 29.6 Å². The van der Waals surface area contributed by atoms with Gasteiger partial charge in [0.05, 0.1) is 12.1 Å². The highest BCUT2D eigenvalue weighted by atomic mass is 35.5. The van der Waals surface area contributed by atoms with Gasteiger partial charge in [-0.1, -0.05) is 31.0 Å². The van der Waals surface area contributed by atoms with Crippen molar-refractivity contribution in [3.63, 3.8) is 0 Å². The summed E-state index contributed by atoms with van der Waals surface area (Å²) in [5, 5.41) is 10.9. The van der Waals surface area contributed by atoms with Gasteiger partial charge in [0.2, 0.25) is 5.91 Å². The van der Waals surface area contributed by atoms with E-state index in [1.807, 2.05) is 0 Å². The van der Waals surface area contributed by atoms with E-state index in [4.69, 9.17) is 11.6 Å². The van der Waals surface area contributed by atoms with Crippen LogP contribution in [0.2, 0.25) is 5.02 Å². The number of aromatic nitrogens is 1. The van der Waals surface area contributed by atoms with E-state index >= 15 is 0 Å². The molecule has 0 radical (unpaired) electrons. The Morgan fingerprint density at radius 2 is 2.12 bits per heavy atom. The third-order valence-electron chi connectivity index (χ3n) is 3.05. The quantitative estimate of drug-likeness (QED) is 0.650. The SMILES string of the molecule is CCCCNC(=O)Cc1csc(NC(=O)Nc2cccc(Cl)c2)n1. The van der Waals surface area contributed by atoms with Crippen molar-refractivity contribution in [1.29, 1.82) is 0 Å². The van der Waals surface area contributed by atoms with E-state index < -0.39 is 6.03 Å². The van der Waals surface area contributed by atoms with Crippen LogP contribution in [0.1, 0.15) is 25.5 Å². The van der Waals surface area contributed by atoms with E-state index in [2.05, 4.69) is 27.9 Å². The number of halogens is 1. The van der Waals surface area contributed by atoms with Crippen LogP contribution in [0, 0.1) is 0 Å². The molecule has 0 saturated heterocycles. The van der Waals surface area contributed by atoms with Crippen LogP contribution in [-0.4, -0.2) is 23.5 Å². The molecule has 0 atom stereocenters. The van der Waals surface area contributed by atoms with E-state index in [0.29, 0.717) is 28.1 Å². The maximum atomic E-state index is 11.9. The Hall–Kier alpha value is -2.12. The fourth-order valence-corrected chi connectivity index (χ4v) is 2.80. The van der Waals surface area contributed by atoms with Crippen LogP contribution in [0.25, 0.3) is 0 Å². The minimum Gasteiger partial charge on any atom is -0.356 e. The number of nitrogens with zero attached hydrogens (tertiary/aromatic N) is 1. The lowest BCUT2D eigenvalue weighted by atomic mass is 10.3. The number of benzene rings is 1. The molecule has 0 aliphatic heterocycles. The summed E-state index contributed by atoms with van der Waals surface area (Å²) in [7, 11) is 0. The van der Waals surface area contributed by atoms with Gasteiger partial charge in [-0.15, -0.1) is 11.3 Å². The Kier molecular flexibility index (Phi) is 7.02. The second kappa shape index (κ2) is 9.24. The van der Waals surface area contributed by atoms with Crippen molar-refractivity contribution in [2.24, 2.45) is 0 Å². The highest BCUT2D eigenvalue weighted by Crippen LogP contribution is 2.18. The van der Waals surface area contributed by atoms with Crippen molar-refractivity contribution >= 4 is 45.7 Å². The van der Waals surface area contributed by atoms with Gasteiger partial charge in [0.25, 0.3) is 0 Å². The molecule has 128 valence electrons. The minimum absolute atomic E-state index is 0.0660. The number of anilines is 2. The molecule has 1 heterocycles. The molecule has 8 heteroatoms. The minimum atomic E-state index is -0.412. The van der Waals surface area contributed by atoms with Crippen molar-refractivity contribution in [3.05, 3.63) is 40.4 Å². The van der Waals surface area contributed by atoms with E-state index in [0.717, 1.165) is 12.8 Å². The predicted octanol–water partition coefficient (Wildman–Crippen LogP) is 3.90. The predicted molar refractivity (Wildman–Crippen MR) is 97.8 cm³/mol. The summed E-state index contributed by atoms with van der Waals surface area (Å²) in [5.41, 5.74) is 1.22. The van der Waals surface area contributed by atoms with Crippen LogP contribution in [-0.2, 0) is 11.2 Å². The van der Waals surface area contributed by atoms with Gasteiger partial charge in [0.1, 0.15) is 0 Å². The van der Waals surface area contributed by atoms with Crippen LogP contribution in [0.3, 0.4) is 0 Å². The van der Waals surface area contributed by atoms with Crippen LogP contribution in [0.5, 0.6) is 0 Å². The lowest BCUT2D eigenvalue weighted by Crippen LogP contribution is -2.26. The summed E-state index contributed by atoms with van der Waals surface area (Å²) in [6.07, 6.45) is 2.20. The Labute approximate surface area is 149 Å². The standard InChI is InChI=1S/C16H19ClN4O2S/c1-2-3-7-18-14(22)9-13-10-24-16(20-13)21-15(23)19-12-6-4-5-11(17)8-12/h4-6,8,10H,2-3,7,9H2,1H3,(H,18,22)(H2,19,20,21,23). The second-order valence-electron chi connectivity index (χ2n) is 5.11. The van der Waals surface area contributed by atoms with Gasteiger partial charge in [-0.05, 0) is 24.6 Å². The van der Waals surface area contributed by atoms with Crippen molar-refractivity contribution in [1.82, 2.24) is 10.3 Å². The number of carbonyl (C=O) groups is 2. The molecule has 2 aromatic rings. The van der Waals surface area contributed by atoms with Gasteiger partial charge in [-0.25, -0.2) is 9.78 Å². The van der Waals surface area contributed by atoms with Gasteiger partial charge in [0, 0.05) is 22.6 Å². The van der Waals surface area contributed by atoms with E-state index in [1.165, 1.54) is 11.3 Å². The van der Waals surface area contributed by atoms with Gasteiger partial charge in [0.15, 0.2) is 5.13 Å². The maximum absolute atomic E-state index is 11.9. The molecule has 1 aromatic carbocycles. The normalized spacial score (nSPS) is 10.2. The van der Waals surface area contributed by atoms with Crippen LogP contribution in [0.15, 0.2) is 29.6 Å². The average Bonchev–Trinajstić information content (AvgIpc) is 2.94. The zero-order valence-electron chi connectivity index (χ0n) is 13.3. The molecular weight excluding hydrogens is 348 g/mol. The molecule has 2 rings (SSSR count). The zero-order valence-corrected chi connectivity index (χ0v) is 14.8. The number of hydrogen-bond acceptors (Lipinski definition) is 4. The first kappa shape index (κ1) is 18.2. The van der Waals surface area contributed by atoms with Crippen LogP contribution >= 0.6 is 22.9 Å². The zero-order chi connectivity index (χ0) is 17.4. The first-order valence-electron chi connectivity index (χ1n) is 7.61. The molecule has 0 spiro atoms. The summed E-state index contributed by atoms with van der Waals surface area (Å²) in [5.74, 6) is -0.0660. The average molecular weight is 367 g/mol. The number of amides is 3. The van der Waals surface area contributed by atoms with Crippen molar-refractivity contribution in [3.8, 4) is 0 Å². The van der Waals surface area contributed by atoms with E-state index in [-0.39, 0.29) is 12.3 Å². The number of unbranched alkanes of at least 4 members (excludes halogenated alkanes) is 1. The highest BCUT2D eigenvalue weighted by molar-refractivity contribution is 7.14. The van der Waals surface area contributed by atoms with Crippen molar-refractivity contribution in [2.45, 2.75) is 26.2 Å². The molecule has 0 bridgehead atoms. The van der Waals surface area contributed by atoms with Gasteiger partial charge in [-0.2, -0.15) is 0 Å².